The van der Waals surface area contributed by atoms with E-state index in [4.69, 9.17) is 9.47 Å². The summed E-state index contributed by atoms with van der Waals surface area (Å²) < 4.78 is 10.8. The smallest absolute Gasteiger partial charge is 0.295 e. The SMILES string of the molecule is CCOc1ccc(/C(O)=C2\C(=O)C(=O)N(CCN(CC)CC)C2c2ccc(OC)cc2)c(C)c1. The number of ketones is 1. The van der Waals surface area contributed by atoms with Crippen molar-refractivity contribution in [3.05, 3.63) is 64.7 Å². The van der Waals surface area contributed by atoms with E-state index < -0.39 is 17.7 Å². The number of rotatable bonds is 10. The average Bonchev–Trinajstić information content (AvgIpc) is 3.09. The van der Waals surface area contributed by atoms with Crippen molar-refractivity contribution >= 4 is 17.4 Å². The number of carbonyl (C=O) groups is 2. The summed E-state index contributed by atoms with van der Waals surface area (Å²) in [5.41, 5.74) is 2.10. The molecule has 1 aliphatic rings. The maximum absolute atomic E-state index is 13.2. The van der Waals surface area contributed by atoms with Crippen LogP contribution in [0.3, 0.4) is 0 Å². The minimum absolute atomic E-state index is 0.0990. The third kappa shape index (κ3) is 5.09. The number of ether oxygens (including phenoxy) is 2. The van der Waals surface area contributed by atoms with Gasteiger partial charge in [-0.2, -0.15) is 0 Å². The Balaban J connectivity index is 2.10. The number of amides is 1. The van der Waals surface area contributed by atoms with E-state index in [0.717, 1.165) is 24.2 Å². The molecule has 1 N–H and O–H groups in total. The summed E-state index contributed by atoms with van der Waals surface area (Å²) in [5.74, 6) is -0.0940. The normalized spacial score (nSPS) is 17.5. The largest absolute Gasteiger partial charge is 0.507 e. The molecular weight excluding hydrogens is 432 g/mol. The van der Waals surface area contributed by atoms with Crippen LogP contribution in [0, 0.1) is 6.92 Å². The highest BCUT2D eigenvalue weighted by molar-refractivity contribution is 6.46. The fraction of sp³-hybridized carbons (Fsp3) is 0.407. The van der Waals surface area contributed by atoms with Crippen LogP contribution in [-0.2, 0) is 9.59 Å². The highest BCUT2D eigenvalue weighted by Crippen LogP contribution is 2.40. The molecule has 1 amide bonds. The molecule has 3 rings (SSSR count). The maximum atomic E-state index is 13.2. The number of aryl methyl sites for hydroxylation is 1. The van der Waals surface area contributed by atoms with E-state index in [1.165, 1.54) is 0 Å². The second-order valence-corrected chi connectivity index (χ2v) is 8.20. The first-order valence-electron chi connectivity index (χ1n) is 11.7. The minimum atomic E-state index is -0.688. The number of Topliss-reactive ketones (excluding diaryl/α,β-unsaturated/α-hetero) is 1. The molecule has 1 heterocycles. The fourth-order valence-electron chi connectivity index (χ4n) is 4.34. The quantitative estimate of drug-likeness (QED) is 0.322. The number of aliphatic hydroxyl groups is 1. The molecule has 2 aromatic carbocycles. The van der Waals surface area contributed by atoms with Crippen molar-refractivity contribution in [2.75, 3.05) is 39.9 Å². The molecule has 0 aromatic heterocycles. The van der Waals surface area contributed by atoms with Crippen LogP contribution in [0.2, 0.25) is 0 Å². The average molecular weight is 467 g/mol. The van der Waals surface area contributed by atoms with E-state index in [9.17, 15) is 14.7 Å². The van der Waals surface area contributed by atoms with E-state index in [2.05, 4.69) is 18.7 Å². The summed E-state index contributed by atoms with van der Waals surface area (Å²) in [5, 5.41) is 11.3. The van der Waals surface area contributed by atoms with Gasteiger partial charge in [0.2, 0.25) is 0 Å². The van der Waals surface area contributed by atoms with Crippen LogP contribution < -0.4 is 9.47 Å². The van der Waals surface area contributed by atoms with Gasteiger partial charge in [0, 0.05) is 18.7 Å². The second-order valence-electron chi connectivity index (χ2n) is 8.20. The van der Waals surface area contributed by atoms with Crippen LogP contribution in [0.25, 0.3) is 5.76 Å². The maximum Gasteiger partial charge on any atom is 0.295 e. The summed E-state index contributed by atoms with van der Waals surface area (Å²) >= 11 is 0. The topological polar surface area (TPSA) is 79.3 Å². The van der Waals surface area contributed by atoms with Crippen LogP contribution in [-0.4, -0.2) is 66.5 Å². The number of likely N-dealkylation sites (tertiary alicyclic amines) is 1. The molecule has 7 nitrogen and oxygen atoms in total. The minimum Gasteiger partial charge on any atom is -0.507 e. The molecule has 1 unspecified atom stereocenters. The predicted octanol–water partition coefficient (Wildman–Crippen LogP) is 4.17. The molecule has 1 atom stereocenters. The zero-order chi connectivity index (χ0) is 24.8. The van der Waals surface area contributed by atoms with Crippen molar-refractivity contribution in [3.8, 4) is 11.5 Å². The number of aliphatic hydroxyl groups excluding tert-OH is 1. The summed E-state index contributed by atoms with van der Waals surface area (Å²) in [7, 11) is 1.58. The van der Waals surface area contributed by atoms with Crippen LogP contribution in [0.1, 0.15) is 43.5 Å². The summed E-state index contributed by atoms with van der Waals surface area (Å²) in [6.07, 6.45) is 0. The van der Waals surface area contributed by atoms with Gasteiger partial charge in [0.05, 0.1) is 25.3 Å². The molecule has 0 aliphatic carbocycles. The monoisotopic (exact) mass is 466 g/mol. The van der Waals surface area contributed by atoms with E-state index in [-0.39, 0.29) is 11.3 Å². The van der Waals surface area contributed by atoms with Crippen LogP contribution in [0.15, 0.2) is 48.0 Å². The van der Waals surface area contributed by atoms with Gasteiger partial charge in [0.25, 0.3) is 11.7 Å². The van der Waals surface area contributed by atoms with Gasteiger partial charge in [-0.3, -0.25) is 9.59 Å². The van der Waals surface area contributed by atoms with Crippen molar-refractivity contribution in [1.82, 2.24) is 9.80 Å². The molecule has 1 saturated heterocycles. The van der Waals surface area contributed by atoms with E-state index >= 15 is 0 Å². The highest BCUT2D eigenvalue weighted by atomic mass is 16.5. The lowest BCUT2D eigenvalue weighted by molar-refractivity contribution is -0.140. The number of methoxy groups -OCH3 is 1. The van der Waals surface area contributed by atoms with E-state index in [1.807, 2.05) is 32.0 Å². The zero-order valence-electron chi connectivity index (χ0n) is 20.6. The van der Waals surface area contributed by atoms with Crippen molar-refractivity contribution in [1.29, 1.82) is 0 Å². The van der Waals surface area contributed by atoms with Gasteiger partial charge < -0.3 is 24.4 Å². The Kier molecular flexibility index (Phi) is 8.34. The molecule has 0 radical (unpaired) electrons. The number of benzene rings is 2. The number of likely N-dealkylation sites (N-methyl/N-ethyl adjacent to an activating group) is 1. The first-order chi connectivity index (χ1) is 16.4. The van der Waals surface area contributed by atoms with Gasteiger partial charge >= 0.3 is 0 Å². The summed E-state index contributed by atoms with van der Waals surface area (Å²) in [4.78, 5) is 30.1. The molecule has 1 fully saturated rings. The molecule has 1 aliphatic heterocycles. The van der Waals surface area contributed by atoms with Crippen LogP contribution in [0.4, 0.5) is 0 Å². The third-order valence-corrected chi connectivity index (χ3v) is 6.29. The lowest BCUT2D eigenvalue weighted by Crippen LogP contribution is -2.38. The van der Waals surface area contributed by atoms with Gasteiger partial charge in [0.15, 0.2) is 0 Å². The first-order valence-corrected chi connectivity index (χ1v) is 11.7. The number of hydrogen-bond donors (Lipinski definition) is 1. The molecular formula is C27H34N2O5. The van der Waals surface area contributed by atoms with Gasteiger partial charge in [-0.25, -0.2) is 0 Å². The summed E-state index contributed by atoms with van der Waals surface area (Å²) in [6, 6.07) is 11.9. The van der Waals surface area contributed by atoms with Crippen LogP contribution >= 0.6 is 0 Å². The summed E-state index contributed by atoms with van der Waals surface area (Å²) in [6.45, 7) is 11.1. The predicted molar refractivity (Wildman–Crippen MR) is 132 cm³/mol. The number of nitrogens with zero attached hydrogens (tertiary/aromatic N) is 2. The number of hydrogen-bond acceptors (Lipinski definition) is 6. The van der Waals surface area contributed by atoms with Gasteiger partial charge in [0.1, 0.15) is 17.3 Å². The van der Waals surface area contributed by atoms with Crippen LogP contribution in [0.5, 0.6) is 11.5 Å². The zero-order valence-corrected chi connectivity index (χ0v) is 20.6. The van der Waals surface area contributed by atoms with E-state index in [1.54, 1.807) is 36.3 Å². The molecule has 0 spiro atoms. The van der Waals surface area contributed by atoms with Crippen molar-refractivity contribution in [2.24, 2.45) is 0 Å². The molecule has 7 heteroatoms. The van der Waals surface area contributed by atoms with Gasteiger partial charge in [-0.05, 0) is 68.4 Å². The Hall–Kier alpha value is -3.32. The first kappa shape index (κ1) is 25.3. The third-order valence-electron chi connectivity index (χ3n) is 6.29. The Morgan fingerprint density at radius 1 is 1.03 bits per heavy atom. The van der Waals surface area contributed by atoms with Crippen molar-refractivity contribution < 1.29 is 24.2 Å². The Morgan fingerprint density at radius 2 is 1.68 bits per heavy atom. The highest BCUT2D eigenvalue weighted by Gasteiger charge is 2.46. The Bertz CT molecular complexity index is 1060. The molecule has 2 aromatic rings. The lowest BCUT2D eigenvalue weighted by Gasteiger charge is -2.28. The standard InChI is InChI=1S/C27H34N2O5/c1-6-28(7-2)15-16-29-24(19-9-11-20(33-5)12-10-19)23(26(31)27(29)32)25(30)22-14-13-21(34-8-3)17-18(22)4/h9-14,17,24,30H,6-8,15-16H2,1-5H3/b25-23+. The number of carbonyl (C=O) groups excluding carboxylic acids is 2. The van der Waals surface area contributed by atoms with E-state index in [0.29, 0.717) is 36.8 Å². The molecule has 34 heavy (non-hydrogen) atoms. The van der Waals surface area contributed by atoms with Crippen molar-refractivity contribution in [3.63, 3.8) is 0 Å². The lowest BCUT2D eigenvalue weighted by atomic mass is 9.94. The molecule has 0 saturated carbocycles. The van der Waals surface area contributed by atoms with Crippen molar-refractivity contribution in [2.45, 2.75) is 33.7 Å². The second kappa shape index (κ2) is 11.2. The Labute approximate surface area is 201 Å². The fourth-order valence-corrected chi connectivity index (χ4v) is 4.34. The molecule has 182 valence electrons. The van der Waals surface area contributed by atoms with Gasteiger partial charge in [-0.1, -0.05) is 26.0 Å². The van der Waals surface area contributed by atoms with Gasteiger partial charge in [-0.15, -0.1) is 0 Å². The molecule has 0 bridgehead atoms. The Morgan fingerprint density at radius 3 is 2.24 bits per heavy atom.